The maximum absolute atomic E-state index is 11.9. The fourth-order valence-electron chi connectivity index (χ4n) is 1.90. The Balaban J connectivity index is 1.72. The molecule has 0 aliphatic carbocycles. The molecule has 0 amide bonds. The van der Waals surface area contributed by atoms with Crippen molar-refractivity contribution in [3.05, 3.63) is 58.3 Å². The molecule has 0 fully saturated rings. The molecule has 0 aliphatic rings. The van der Waals surface area contributed by atoms with Crippen LogP contribution in [0.2, 0.25) is 0 Å². The summed E-state index contributed by atoms with van der Waals surface area (Å²) >= 11 is 3.13. The van der Waals surface area contributed by atoms with Gasteiger partial charge in [-0.15, -0.1) is 10.2 Å². The van der Waals surface area contributed by atoms with Crippen molar-refractivity contribution in [1.29, 1.82) is 0 Å². The van der Waals surface area contributed by atoms with Crippen LogP contribution >= 0.6 is 15.9 Å². The molecule has 1 atom stereocenters. The van der Waals surface area contributed by atoms with Gasteiger partial charge in [0.05, 0.1) is 0 Å². The third kappa shape index (κ3) is 3.50. The molecule has 6 nitrogen and oxygen atoms in total. The van der Waals surface area contributed by atoms with E-state index >= 15 is 0 Å². The summed E-state index contributed by atoms with van der Waals surface area (Å²) in [5, 5.41) is 7.92. The van der Waals surface area contributed by atoms with Crippen molar-refractivity contribution in [2.24, 2.45) is 0 Å². The Labute approximate surface area is 140 Å². The predicted octanol–water partition coefficient (Wildman–Crippen LogP) is 4.32. The number of carbonyl (C=O) groups is 1. The fraction of sp³-hybridized carbons (Fsp3) is 0.188. The van der Waals surface area contributed by atoms with E-state index in [4.69, 9.17) is 13.6 Å². The fourth-order valence-corrected chi connectivity index (χ4v) is 2.21. The molecule has 0 unspecified atom stereocenters. The van der Waals surface area contributed by atoms with Gasteiger partial charge in [-0.25, -0.2) is 4.79 Å². The van der Waals surface area contributed by atoms with Gasteiger partial charge in [0, 0.05) is 5.56 Å². The zero-order valence-corrected chi connectivity index (χ0v) is 14.0. The third-order valence-corrected chi connectivity index (χ3v) is 3.57. The van der Waals surface area contributed by atoms with E-state index in [-0.39, 0.29) is 11.7 Å². The molecule has 0 saturated carbocycles. The molecule has 0 saturated heterocycles. The number of benzene rings is 1. The van der Waals surface area contributed by atoms with Gasteiger partial charge in [-0.1, -0.05) is 17.7 Å². The van der Waals surface area contributed by atoms with Gasteiger partial charge in [-0.05, 0) is 54.0 Å². The van der Waals surface area contributed by atoms with Crippen LogP contribution in [0.3, 0.4) is 0 Å². The summed E-state index contributed by atoms with van der Waals surface area (Å²) in [6.07, 6.45) is -0.682. The third-order valence-electron chi connectivity index (χ3n) is 3.15. The Morgan fingerprint density at radius 2 is 1.87 bits per heavy atom. The van der Waals surface area contributed by atoms with Gasteiger partial charge in [-0.3, -0.25) is 0 Å². The summed E-state index contributed by atoms with van der Waals surface area (Å²) in [4.78, 5) is 11.9. The second kappa shape index (κ2) is 6.37. The van der Waals surface area contributed by atoms with E-state index in [1.54, 1.807) is 13.0 Å². The topological polar surface area (TPSA) is 78.4 Å². The van der Waals surface area contributed by atoms with Crippen molar-refractivity contribution < 1.29 is 18.4 Å². The van der Waals surface area contributed by atoms with E-state index in [9.17, 15) is 4.79 Å². The summed E-state index contributed by atoms with van der Waals surface area (Å²) in [5.41, 5.74) is 1.95. The molecule has 1 aromatic carbocycles. The lowest BCUT2D eigenvalue weighted by Gasteiger charge is -2.07. The van der Waals surface area contributed by atoms with Crippen molar-refractivity contribution in [2.45, 2.75) is 20.0 Å². The van der Waals surface area contributed by atoms with Crippen LogP contribution in [-0.4, -0.2) is 16.2 Å². The maximum Gasteiger partial charge on any atom is 0.375 e. The smallest absolute Gasteiger partial charge is 0.375 e. The molecule has 23 heavy (non-hydrogen) atoms. The van der Waals surface area contributed by atoms with E-state index in [1.807, 2.05) is 31.2 Å². The molecular formula is C16H13BrN2O4. The van der Waals surface area contributed by atoms with Gasteiger partial charge in [-0.2, -0.15) is 0 Å². The molecule has 118 valence electrons. The standard InChI is InChI=1S/C16H13BrN2O4/c1-9-3-5-11(6-4-9)15-19-18-14(23-15)10(2)21-16(20)12-7-8-13(17)22-12/h3-8,10H,1-2H3/t10-/m0/s1. The molecule has 2 heterocycles. The van der Waals surface area contributed by atoms with Crippen LogP contribution in [0.25, 0.3) is 11.5 Å². The number of nitrogens with zero attached hydrogens (tertiary/aromatic N) is 2. The minimum Gasteiger partial charge on any atom is -0.447 e. The normalized spacial score (nSPS) is 12.1. The minimum absolute atomic E-state index is 0.0991. The first-order chi connectivity index (χ1) is 11.0. The SMILES string of the molecule is Cc1ccc(-c2nnc([C@H](C)OC(=O)c3ccc(Br)o3)o2)cc1. The lowest BCUT2D eigenvalue weighted by atomic mass is 10.1. The van der Waals surface area contributed by atoms with Crippen LogP contribution in [0.4, 0.5) is 0 Å². The first-order valence-electron chi connectivity index (χ1n) is 6.89. The average molecular weight is 377 g/mol. The monoisotopic (exact) mass is 376 g/mol. The van der Waals surface area contributed by atoms with Crippen LogP contribution < -0.4 is 0 Å². The number of rotatable bonds is 4. The number of furan rings is 1. The van der Waals surface area contributed by atoms with Gasteiger partial charge in [0.1, 0.15) is 0 Å². The minimum atomic E-state index is -0.682. The highest BCUT2D eigenvalue weighted by Crippen LogP contribution is 2.24. The predicted molar refractivity (Wildman–Crippen MR) is 84.7 cm³/mol. The number of aromatic nitrogens is 2. The number of hydrogen-bond acceptors (Lipinski definition) is 6. The summed E-state index contributed by atoms with van der Waals surface area (Å²) in [6.45, 7) is 3.65. The van der Waals surface area contributed by atoms with Crippen LogP contribution in [0.15, 0.2) is 49.9 Å². The lowest BCUT2D eigenvalue weighted by Crippen LogP contribution is -2.08. The second-order valence-corrected chi connectivity index (χ2v) is 5.74. The highest BCUT2D eigenvalue weighted by molar-refractivity contribution is 9.10. The quantitative estimate of drug-likeness (QED) is 0.630. The molecule has 0 aliphatic heterocycles. The zero-order valence-electron chi connectivity index (χ0n) is 12.4. The first-order valence-corrected chi connectivity index (χ1v) is 7.69. The number of ether oxygens (including phenoxy) is 1. The Bertz CT molecular complexity index is 823. The number of halogens is 1. The molecule has 3 aromatic rings. The van der Waals surface area contributed by atoms with Gasteiger partial charge in [0.25, 0.3) is 5.89 Å². The van der Waals surface area contributed by atoms with E-state index in [1.165, 1.54) is 6.07 Å². The first kappa shape index (κ1) is 15.5. The van der Waals surface area contributed by atoms with E-state index in [0.717, 1.165) is 11.1 Å². The van der Waals surface area contributed by atoms with Crippen molar-refractivity contribution in [1.82, 2.24) is 10.2 Å². The van der Waals surface area contributed by atoms with Crippen molar-refractivity contribution >= 4 is 21.9 Å². The highest BCUT2D eigenvalue weighted by Gasteiger charge is 2.21. The molecule has 0 N–H and O–H groups in total. The molecule has 0 bridgehead atoms. The molecular weight excluding hydrogens is 364 g/mol. The highest BCUT2D eigenvalue weighted by atomic mass is 79.9. The molecule has 7 heteroatoms. The van der Waals surface area contributed by atoms with E-state index in [0.29, 0.717) is 10.6 Å². The van der Waals surface area contributed by atoms with E-state index in [2.05, 4.69) is 26.1 Å². The largest absolute Gasteiger partial charge is 0.447 e. The average Bonchev–Trinajstić information content (AvgIpc) is 3.17. The Morgan fingerprint density at radius 1 is 1.13 bits per heavy atom. The molecule has 0 radical (unpaired) electrons. The maximum atomic E-state index is 11.9. The van der Waals surface area contributed by atoms with Crippen LogP contribution in [-0.2, 0) is 4.74 Å². The van der Waals surface area contributed by atoms with Crippen LogP contribution in [0.5, 0.6) is 0 Å². The number of esters is 1. The summed E-state index contributed by atoms with van der Waals surface area (Å²) in [6, 6.07) is 10.8. The Morgan fingerprint density at radius 3 is 2.52 bits per heavy atom. The van der Waals surface area contributed by atoms with Crippen molar-refractivity contribution in [3.8, 4) is 11.5 Å². The Kier molecular flexibility index (Phi) is 4.29. The second-order valence-electron chi connectivity index (χ2n) is 4.96. The van der Waals surface area contributed by atoms with E-state index < -0.39 is 12.1 Å². The van der Waals surface area contributed by atoms with Gasteiger partial charge in [0.15, 0.2) is 10.8 Å². The molecule has 3 rings (SSSR count). The lowest BCUT2D eigenvalue weighted by molar-refractivity contribution is 0.0243. The molecule has 0 spiro atoms. The van der Waals surface area contributed by atoms with Crippen LogP contribution in [0.1, 0.15) is 35.0 Å². The summed E-state index contributed by atoms with van der Waals surface area (Å²) < 4.78 is 16.4. The number of carbonyl (C=O) groups excluding carboxylic acids is 1. The van der Waals surface area contributed by atoms with Gasteiger partial charge < -0.3 is 13.6 Å². The number of aryl methyl sites for hydroxylation is 1. The summed E-state index contributed by atoms with van der Waals surface area (Å²) in [5.74, 6) is 0.100. The van der Waals surface area contributed by atoms with Crippen molar-refractivity contribution in [2.75, 3.05) is 0 Å². The van der Waals surface area contributed by atoms with Crippen LogP contribution in [0, 0.1) is 6.92 Å². The zero-order chi connectivity index (χ0) is 16.4. The van der Waals surface area contributed by atoms with Gasteiger partial charge >= 0.3 is 5.97 Å². The summed E-state index contributed by atoms with van der Waals surface area (Å²) in [7, 11) is 0. The number of hydrogen-bond donors (Lipinski definition) is 0. The van der Waals surface area contributed by atoms with Gasteiger partial charge in [0.2, 0.25) is 11.7 Å². The molecule has 2 aromatic heterocycles. The van der Waals surface area contributed by atoms with Crippen molar-refractivity contribution in [3.63, 3.8) is 0 Å². The Hall–Kier alpha value is -2.41.